The lowest BCUT2D eigenvalue weighted by Crippen LogP contribution is -2.54. The standard InChI is InChI=1S/C20H26N4O4.ClH/c1-26-16-7-8-21-13-15(16)22-20(25)17-18(14-5-3-2-4-6-14)28-23-19(17)24-9-11-27-12-10-24;/h2-6,15-16,21H,7-13H2,1H3,(H,22,25);1H/t15-,16+;/m0./s1. The molecule has 2 N–H and O–H groups in total. The maximum Gasteiger partial charge on any atom is 0.259 e. The molecular weight excluding hydrogens is 396 g/mol. The van der Waals surface area contributed by atoms with Crippen LogP contribution in [0.25, 0.3) is 11.3 Å². The lowest BCUT2D eigenvalue weighted by Gasteiger charge is -2.32. The maximum atomic E-state index is 13.3. The summed E-state index contributed by atoms with van der Waals surface area (Å²) in [7, 11) is 1.68. The van der Waals surface area contributed by atoms with Crippen molar-refractivity contribution in [1.29, 1.82) is 0 Å². The highest BCUT2D eigenvalue weighted by atomic mass is 35.5. The number of halogens is 1. The van der Waals surface area contributed by atoms with Gasteiger partial charge in [0.25, 0.3) is 5.91 Å². The van der Waals surface area contributed by atoms with Crippen molar-refractivity contribution in [2.45, 2.75) is 18.6 Å². The van der Waals surface area contributed by atoms with Crippen LogP contribution in [0.3, 0.4) is 0 Å². The summed E-state index contributed by atoms with van der Waals surface area (Å²) in [5, 5.41) is 10.7. The molecule has 0 unspecified atom stereocenters. The van der Waals surface area contributed by atoms with Crippen LogP contribution in [0.4, 0.5) is 5.82 Å². The molecule has 0 radical (unpaired) electrons. The number of amides is 1. The Hall–Kier alpha value is -2.13. The van der Waals surface area contributed by atoms with Crippen LogP contribution >= 0.6 is 12.4 Å². The van der Waals surface area contributed by atoms with E-state index in [2.05, 4.69) is 15.8 Å². The summed E-state index contributed by atoms with van der Waals surface area (Å²) in [6, 6.07) is 9.49. The van der Waals surface area contributed by atoms with Gasteiger partial charge in [0, 0.05) is 32.3 Å². The first-order valence-electron chi connectivity index (χ1n) is 9.70. The van der Waals surface area contributed by atoms with E-state index in [9.17, 15) is 4.79 Å². The number of nitrogens with one attached hydrogen (secondary N) is 2. The number of anilines is 1. The zero-order valence-electron chi connectivity index (χ0n) is 16.4. The summed E-state index contributed by atoms with van der Waals surface area (Å²) in [4.78, 5) is 15.4. The number of morpholine rings is 1. The second kappa shape index (κ2) is 10.1. The number of nitrogens with zero attached hydrogens (tertiary/aromatic N) is 2. The van der Waals surface area contributed by atoms with Crippen LogP contribution < -0.4 is 15.5 Å². The summed E-state index contributed by atoms with van der Waals surface area (Å²) in [5.41, 5.74) is 1.29. The van der Waals surface area contributed by atoms with Gasteiger partial charge in [-0.25, -0.2) is 0 Å². The number of methoxy groups -OCH3 is 1. The number of piperidine rings is 1. The van der Waals surface area contributed by atoms with Crippen molar-refractivity contribution in [2.24, 2.45) is 0 Å². The van der Waals surface area contributed by atoms with Gasteiger partial charge in [0.15, 0.2) is 11.6 Å². The van der Waals surface area contributed by atoms with Gasteiger partial charge in [-0.3, -0.25) is 4.79 Å². The number of rotatable bonds is 5. The SMILES string of the molecule is CO[C@@H]1CCNC[C@@H]1NC(=O)c1c(N2CCOCC2)noc1-c1ccccc1.Cl. The lowest BCUT2D eigenvalue weighted by atomic mass is 10.0. The normalized spacial score (nSPS) is 22.0. The van der Waals surface area contributed by atoms with Crippen molar-refractivity contribution in [3.8, 4) is 11.3 Å². The van der Waals surface area contributed by atoms with Gasteiger partial charge in [0.1, 0.15) is 5.56 Å². The first-order chi connectivity index (χ1) is 13.8. The van der Waals surface area contributed by atoms with Crippen LogP contribution in [0.5, 0.6) is 0 Å². The minimum atomic E-state index is -0.197. The van der Waals surface area contributed by atoms with Crippen molar-refractivity contribution in [1.82, 2.24) is 15.8 Å². The quantitative estimate of drug-likeness (QED) is 0.758. The van der Waals surface area contributed by atoms with Crippen molar-refractivity contribution in [2.75, 3.05) is 51.4 Å². The molecule has 158 valence electrons. The Labute approximate surface area is 176 Å². The highest BCUT2D eigenvalue weighted by Crippen LogP contribution is 2.32. The lowest BCUT2D eigenvalue weighted by molar-refractivity contribution is 0.0448. The molecule has 29 heavy (non-hydrogen) atoms. The molecule has 2 atom stereocenters. The number of hydrogen-bond acceptors (Lipinski definition) is 7. The Morgan fingerprint density at radius 1 is 1.28 bits per heavy atom. The summed E-state index contributed by atoms with van der Waals surface area (Å²) in [6.45, 7) is 4.11. The van der Waals surface area contributed by atoms with Gasteiger partial charge < -0.3 is 29.5 Å². The van der Waals surface area contributed by atoms with Crippen LogP contribution in [-0.2, 0) is 9.47 Å². The average Bonchev–Trinajstić information content (AvgIpc) is 3.21. The van der Waals surface area contributed by atoms with Gasteiger partial charge in [0.2, 0.25) is 0 Å². The number of benzene rings is 1. The molecule has 1 aromatic heterocycles. The molecule has 0 bridgehead atoms. The largest absolute Gasteiger partial charge is 0.379 e. The van der Waals surface area contributed by atoms with E-state index in [0.29, 0.717) is 50.0 Å². The van der Waals surface area contributed by atoms with Crippen LogP contribution in [-0.4, -0.2) is 69.7 Å². The van der Waals surface area contributed by atoms with Gasteiger partial charge in [-0.05, 0) is 13.0 Å². The molecule has 0 spiro atoms. The number of hydrogen-bond donors (Lipinski definition) is 2. The van der Waals surface area contributed by atoms with Gasteiger partial charge in [-0.2, -0.15) is 0 Å². The van der Waals surface area contributed by atoms with Gasteiger partial charge in [-0.1, -0.05) is 35.5 Å². The third kappa shape index (κ3) is 4.72. The second-order valence-corrected chi connectivity index (χ2v) is 7.02. The van der Waals surface area contributed by atoms with Crippen LogP contribution in [0.1, 0.15) is 16.8 Å². The zero-order chi connectivity index (χ0) is 19.3. The monoisotopic (exact) mass is 422 g/mol. The third-order valence-corrected chi connectivity index (χ3v) is 5.29. The van der Waals surface area contributed by atoms with Gasteiger partial charge >= 0.3 is 0 Å². The topological polar surface area (TPSA) is 88.9 Å². The molecule has 8 nitrogen and oxygen atoms in total. The molecule has 2 saturated heterocycles. The molecule has 9 heteroatoms. The molecule has 2 aliphatic rings. The van der Waals surface area contributed by atoms with E-state index in [0.717, 1.165) is 18.5 Å². The van der Waals surface area contributed by atoms with E-state index >= 15 is 0 Å². The fraction of sp³-hybridized carbons (Fsp3) is 0.500. The van der Waals surface area contributed by atoms with E-state index in [1.54, 1.807) is 7.11 Å². The van der Waals surface area contributed by atoms with E-state index < -0.39 is 0 Å². The minimum absolute atomic E-state index is 0. The first-order valence-corrected chi connectivity index (χ1v) is 9.70. The van der Waals surface area contributed by atoms with Crippen LogP contribution in [0.15, 0.2) is 34.9 Å². The van der Waals surface area contributed by atoms with E-state index in [1.165, 1.54) is 0 Å². The fourth-order valence-corrected chi connectivity index (χ4v) is 3.77. The van der Waals surface area contributed by atoms with Crippen LogP contribution in [0.2, 0.25) is 0 Å². The van der Waals surface area contributed by atoms with Crippen molar-refractivity contribution in [3.63, 3.8) is 0 Å². The average molecular weight is 423 g/mol. The number of carbonyl (C=O) groups is 1. The predicted molar refractivity (Wildman–Crippen MR) is 112 cm³/mol. The third-order valence-electron chi connectivity index (χ3n) is 5.29. The number of ether oxygens (including phenoxy) is 2. The molecule has 2 aliphatic heterocycles. The van der Waals surface area contributed by atoms with Crippen molar-refractivity contribution >= 4 is 24.1 Å². The molecule has 2 fully saturated rings. The Bertz CT molecular complexity index is 795. The van der Waals surface area contributed by atoms with Crippen molar-refractivity contribution < 1.29 is 18.8 Å². The summed E-state index contributed by atoms with van der Waals surface area (Å²) in [6.07, 6.45) is 0.838. The fourth-order valence-electron chi connectivity index (χ4n) is 3.77. The second-order valence-electron chi connectivity index (χ2n) is 7.02. The molecule has 2 aromatic rings. The van der Waals surface area contributed by atoms with Gasteiger partial charge in [-0.15, -0.1) is 12.4 Å². The predicted octanol–water partition coefficient (Wildman–Crippen LogP) is 1.71. The summed E-state index contributed by atoms with van der Waals surface area (Å²) >= 11 is 0. The number of carbonyl (C=O) groups excluding carboxylic acids is 1. The molecule has 0 saturated carbocycles. The molecule has 0 aliphatic carbocycles. The molecule has 1 aromatic carbocycles. The van der Waals surface area contributed by atoms with Crippen molar-refractivity contribution in [3.05, 3.63) is 35.9 Å². The van der Waals surface area contributed by atoms with Crippen LogP contribution in [0, 0.1) is 0 Å². The molecule has 4 rings (SSSR count). The van der Waals surface area contributed by atoms with Gasteiger partial charge in [0.05, 0.1) is 25.4 Å². The Kier molecular flexibility index (Phi) is 7.49. The minimum Gasteiger partial charge on any atom is -0.379 e. The molecule has 1 amide bonds. The smallest absolute Gasteiger partial charge is 0.259 e. The van der Waals surface area contributed by atoms with E-state index in [-0.39, 0.29) is 30.5 Å². The molecular formula is C20H27ClN4O4. The molecule has 3 heterocycles. The maximum absolute atomic E-state index is 13.3. The zero-order valence-corrected chi connectivity index (χ0v) is 17.2. The first kappa shape index (κ1) is 21.6. The highest BCUT2D eigenvalue weighted by molar-refractivity contribution is 6.04. The Morgan fingerprint density at radius 2 is 2.03 bits per heavy atom. The number of aromatic nitrogens is 1. The summed E-state index contributed by atoms with van der Waals surface area (Å²) < 4.78 is 16.7. The van der Waals surface area contributed by atoms with E-state index in [1.807, 2.05) is 35.2 Å². The highest BCUT2D eigenvalue weighted by Gasteiger charge is 2.32. The summed E-state index contributed by atoms with van der Waals surface area (Å²) in [5.74, 6) is 0.854. The van der Waals surface area contributed by atoms with E-state index in [4.69, 9.17) is 14.0 Å². The Balaban J connectivity index is 0.00000240. The Morgan fingerprint density at radius 3 is 2.76 bits per heavy atom.